The molecule has 0 spiro atoms. The van der Waals surface area contributed by atoms with Gasteiger partial charge in [-0.15, -0.1) is 0 Å². The molecule has 0 fully saturated rings. The summed E-state index contributed by atoms with van der Waals surface area (Å²) in [6.07, 6.45) is -2.07. The van der Waals surface area contributed by atoms with Crippen LogP contribution in [0.1, 0.15) is 17.6 Å². The van der Waals surface area contributed by atoms with Crippen molar-refractivity contribution < 1.29 is 19.0 Å². The van der Waals surface area contributed by atoms with Crippen LogP contribution in [0.4, 0.5) is 8.78 Å². The topological polar surface area (TPSA) is 73.3 Å². The van der Waals surface area contributed by atoms with Gasteiger partial charge >= 0.3 is 0 Å². The van der Waals surface area contributed by atoms with Crippen molar-refractivity contribution in [2.24, 2.45) is 0 Å². The maximum atomic E-state index is 12.1. The lowest BCUT2D eigenvalue weighted by Gasteiger charge is -2.05. The first-order chi connectivity index (χ1) is 6.07. The van der Waals surface area contributed by atoms with Gasteiger partial charge in [0.1, 0.15) is 11.3 Å². The van der Waals surface area contributed by atoms with Crippen molar-refractivity contribution in [3.05, 3.63) is 27.7 Å². The molecule has 1 aromatic rings. The van der Waals surface area contributed by atoms with E-state index in [-0.39, 0.29) is 5.56 Å². The van der Waals surface area contributed by atoms with Gasteiger partial charge in [0.2, 0.25) is 0 Å². The fourth-order valence-corrected chi connectivity index (χ4v) is 0.902. The zero-order valence-corrected chi connectivity index (χ0v) is 6.42. The van der Waals surface area contributed by atoms with Crippen LogP contribution in [0.3, 0.4) is 0 Å². The number of aromatic amines is 1. The molecule has 0 radical (unpaired) electrons. The molecule has 13 heavy (non-hydrogen) atoms. The number of aliphatic hydroxyl groups excluding tert-OH is 1. The number of aliphatic hydroxyl groups is 1. The average molecular weight is 191 g/mol. The molecule has 1 rings (SSSR count). The van der Waals surface area contributed by atoms with Gasteiger partial charge in [0.05, 0.1) is 6.61 Å². The molecule has 0 aromatic carbocycles. The van der Waals surface area contributed by atoms with Gasteiger partial charge < -0.3 is 15.2 Å². The Morgan fingerprint density at radius 3 is 2.62 bits per heavy atom. The van der Waals surface area contributed by atoms with Crippen LogP contribution in [-0.4, -0.2) is 15.2 Å². The zero-order valence-electron chi connectivity index (χ0n) is 6.42. The predicted octanol–water partition coefficient (Wildman–Crippen LogP) is 0.510. The molecule has 0 bridgehead atoms. The molecule has 0 aliphatic rings. The predicted molar refractivity (Wildman–Crippen MR) is 39.6 cm³/mol. The molecule has 72 valence electrons. The van der Waals surface area contributed by atoms with E-state index in [4.69, 9.17) is 10.2 Å². The summed E-state index contributed by atoms with van der Waals surface area (Å²) in [5.41, 5.74) is -2.19. The third-order valence-electron chi connectivity index (χ3n) is 1.57. The zero-order chi connectivity index (χ0) is 10.0. The van der Waals surface area contributed by atoms with Gasteiger partial charge in [-0.2, -0.15) is 0 Å². The van der Waals surface area contributed by atoms with Crippen molar-refractivity contribution in [1.29, 1.82) is 0 Å². The average Bonchev–Trinajstić information content (AvgIpc) is 2.04. The molecule has 1 heterocycles. The fourth-order valence-electron chi connectivity index (χ4n) is 0.902. The highest BCUT2D eigenvalue weighted by atomic mass is 19.3. The van der Waals surface area contributed by atoms with Crippen LogP contribution >= 0.6 is 0 Å². The van der Waals surface area contributed by atoms with E-state index in [1.54, 1.807) is 0 Å². The second kappa shape index (κ2) is 3.53. The molecule has 0 atom stereocenters. The van der Waals surface area contributed by atoms with Crippen LogP contribution in [0, 0.1) is 0 Å². The number of aromatic hydroxyl groups is 1. The molecule has 0 saturated heterocycles. The van der Waals surface area contributed by atoms with Crippen LogP contribution in [-0.2, 0) is 6.61 Å². The van der Waals surface area contributed by atoms with Gasteiger partial charge in [-0.3, -0.25) is 4.79 Å². The Balaban J connectivity index is 3.39. The minimum Gasteiger partial charge on any atom is -0.507 e. The molecule has 4 nitrogen and oxygen atoms in total. The van der Waals surface area contributed by atoms with E-state index in [0.29, 0.717) is 0 Å². The number of H-pyrrole nitrogens is 1. The van der Waals surface area contributed by atoms with Gasteiger partial charge in [-0.25, -0.2) is 8.78 Å². The molecule has 3 N–H and O–H groups in total. The summed E-state index contributed by atoms with van der Waals surface area (Å²) in [7, 11) is 0. The van der Waals surface area contributed by atoms with Crippen LogP contribution in [0.25, 0.3) is 0 Å². The van der Waals surface area contributed by atoms with E-state index in [1.165, 1.54) is 0 Å². The standard InChI is InChI=1S/C7H7F2NO3/c8-6(9)4-5(12)3(2-11)1-10-7(4)13/h1,6,11H,2H2,(H2,10,12,13). The Kier molecular flexibility index (Phi) is 2.62. The number of hydrogen-bond acceptors (Lipinski definition) is 3. The first kappa shape index (κ1) is 9.66. The molecular formula is C7H7F2NO3. The second-order valence-corrected chi connectivity index (χ2v) is 2.36. The van der Waals surface area contributed by atoms with E-state index in [1.807, 2.05) is 4.98 Å². The van der Waals surface area contributed by atoms with Crippen molar-refractivity contribution in [3.8, 4) is 5.75 Å². The van der Waals surface area contributed by atoms with Gasteiger partial charge in [-0.1, -0.05) is 0 Å². The highest BCUT2D eigenvalue weighted by Crippen LogP contribution is 2.26. The highest BCUT2D eigenvalue weighted by molar-refractivity contribution is 5.37. The Bertz CT molecular complexity index is 361. The largest absolute Gasteiger partial charge is 0.507 e. The number of halogens is 2. The lowest BCUT2D eigenvalue weighted by atomic mass is 10.2. The third-order valence-corrected chi connectivity index (χ3v) is 1.57. The van der Waals surface area contributed by atoms with Crippen molar-refractivity contribution in [3.63, 3.8) is 0 Å². The number of rotatable bonds is 2. The highest BCUT2D eigenvalue weighted by Gasteiger charge is 2.19. The Labute approximate surface area is 71.5 Å². The lowest BCUT2D eigenvalue weighted by Crippen LogP contribution is -2.13. The number of nitrogens with one attached hydrogen (secondary N) is 1. The third kappa shape index (κ3) is 1.67. The molecule has 0 unspecified atom stereocenters. The summed E-state index contributed by atoms with van der Waals surface area (Å²) in [5.74, 6) is -0.846. The summed E-state index contributed by atoms with van der Waals surface area (Å²) < 4.78 is 24.3. The number of alkyl halides is 2. The van der Waals surface area contributed by atoms with Gasteiger partial charge in [0.15, 0.2) is 0 Å². The molecule has 0 aliphatic heterocycles. The van der Waals surface area contributed by atoms with Gasteiger partial charge in [-0.05, 0) is 0 Å². The van der Waals surface area contributed by atoms with Crippen LogP contribution in [0.2, 0.25) is 0 Å². The van der Waals surface area contributed by atoms with Crippen molar-refractivity contribution >= 4 is 0 Å². The van der Waals surface area contributed by atoms with E-state index in [2.05, 4.69) is 0 Å². The maximum Gasteiger partial charge on any atom is 0.272 e. The quantitative estimate of drug-likeness (QED) is 0.637. The maximum absolute atomic E-state index is 12.1. The molecule has 0 aliphatic carbocycles. The van der Waals surface area contributed by atoms with Crippen LogP contribution < -0.4 is 5.56 Å². The summed E-state index contributed by atoms with van der Waals surface area (Å²) >= 11 is 0. The Hall–Kier alpha value is -1.43. The summed E-state index contributed by atoms with van der Waals surface area (Å²) in [4.78, 5) is 12.8. The van der Waals surface area contributed by atoms with Crippen molar-refractivity contribution in [2.45, 2.75) is 13.0 Å². The molecular weight excluding hydrogens is 184 g/mol. The summed E-state index contributed by atoms with van der Waals surface area (Å²) in [5, 5.41) is 17.7. The lowest BCUT2D eigenvalue weighted by molar-refractivity contribution is 0.144. The molecule has 0 saturated carbocycles. The summed E-state index contributed by atoms with van der Waals surface area (Å²) in [6.45, 7) is -0.609. The Morgan fingerprint density at radius 2 is 2.15 bits per heavy atom. The fraction of sp³-hybridized carbons (Fsp3) is 0.286. The first-order valence-corrected chi connectivity index (χ1v) is 3.40. The molecule has 6 heteroatoms. The van der Waals surface area contributed by atoms with Crippen LogP contribution in [0.15, 0.2) is 11.0 Å². The first-order valence-electron chi connectivity index (χ1n) is 3.40. The Morgan fingerprint density at radius 1 is 1.54 bits per heavy atom. The second-order valence-electron chi connectivity index (χ2n) is 2.36. The van der Waals surface area contributed by atoms with Gasteiger partial charge in [0.25, 0.3) is 12.0 Å². The SMILES string of the molecule is O=c1[nH]cc(CO)c(O)c1C(F)F. The number of pyridine rings is 1. The summed E-state index contributed by atoms with van der Waals surface area (Å²) in [6, 6.07) is 0. The monoisotopic (exact) mass is 191 g/mol. The van der Waals surface area contributed by atoms with E-state index in [0.717, 1.165) is 6.20 Å². The van der Waals surface area contributed by atoms with Gasteiger partial charge in [0, 0.05) is 11.8 Å². The normalized spacial score (nSPS) is 10.8. The number of aromatic nitrogens is 1. The minimum atomic E-state index is -3.06. The van der Waals surface area contributed by atoms with Crippen molar-refractivity contribution in [1.82, 2.24) is 4.98 Å². The smallest absolute Gasteiger partial charge is 0.272 e. The van der Waals surface area contributed by atoms with E-state index in [9.17, 15) is 13.6 Å². The molecule has 0 amide bonds. The van der Waals surface area contributed by atoms with E-state index < -0.39 is 29.9 Å². The van der Waals surface area contributed by atoms with Crippen molar-refractivity contribution in [2.75, 3.05) is 0 Å². The van der Waals surface area contributed by atoms with Crippen LogP contribution in [0.5, 0.6) is 5.75 Å². The number of hydrogen-bond donors (Lipinski definition) is 3. The minimum absolute atomic E-state index is 0.130. The van der Waals surface area contributed by atoms with E-state index >= 15 is 0 Å². The molecule has 1 aromatic heterocycles.